The number of fused-ring (bicyclic) bond motifs is 1. The lowest BCUT2D eigenvalue weighted by molar-refractivity contribution is -0.131. The van der Waals surface area contributed by atoms with E-state index in [4.69, 9.17) is 0 Å². The van der Waals surface area contributed by atoms with Crippen LogP contribution in [-0.4, -0.2) is 66.8 Å². The van der Waals surface area contributed by atoms with Gasteiger partial charge in [-0.15, -0.1) is 35.3 Å². The zero-order valence-corrected chi connectivity index (χ0v) is 20.1. The summed E-state index contributed by atoms with van der Waals surface area (Å²) in [5.74, 6) is 0.731. The summed E-state index contributed by atoms with van der Waals surface area (Å²) >= 11 is 1.76. The molecule has 0 spiro atoms. The third-order valence-corrected chi connectivity index (χ3v) is 5.65. The summed E-state index contributed by atoms with van der Waals surface area (Å²) < 4.78 is 0. The third-order valence-electron chi connectivity index (χ3n) is 4.62. The van der Waals surface area contributed by atoms with Gasteiger partial charge in [0.05, 0.1) is 0 Å². The van der Waals surface area contributed by atoms with E-state index in [-0.39, 0.29) is 42.3 Å². The number of hydrogen-bond donors (Lipinski definition) is 2. The number of thiophene rings is 1. The molecule has 1 aromatic rings. The fraction of sp³-hybridized carbons (Fsp3) is 0.632. The Hall–Kier alpha value is -1.36. The molecule has 0 aromatic carbocycles. The molecule has 0 saturated heterocycles. The van der Waals surface area contributed by atoms with Crippen LogP contribution in [0.25, 0.3) is 0 Å². The van der Waals surface area contributed by atoms with Gasteiger partial charge in [0.25, 0.3) is 0 Å². The monoisotopic (exact) mass is 521 g/mol. The van der Waals surface area contributed by atoms with Crippen LogP contribution in [-0.2, 0) is 22.6 Å². The van der Waals surface area contributed by atoms with E-state index in [9.17, 15) is 9.59 Å². The van der Waals surface area contributed by atoms with Crippen molar-refractivity contribution in [3.63, 3.8) is 0 Å². The van der Waals surface area contributed by atoms with Gasteiger partial charge in [-0.1, -0.05) is 0 Å². The molecule has 0 fully saturated rings. The number of halogens is 1. The van der Waals surface area contributed by atoms with Gasteiger partial charge in [0.15, 0.2) is 5.96 Å². The predicted molar refractivity (Wildman–Crippen MR) is 125 cm³/mol. The van der Waals surface area contributed by atoms with E-state index in [0.29, 0.717) is 32.0 Å². The second-order valence-electron chi connectivity index (χ2n) is 6.37. The molecule has 2 N–H and O–H groups in total. The summed E-state index contributed by atoms with van der Waals surface area (Å²) in [6.45, 7) is 10.1. The van der Waals surface area contributed by atoms with Gasteiger partial charge in [-0.2, -0.15) is 0 Å². The second-order valence-corrected chi connectivity index (χ2v) is 7.37. The quantitative estimate of drug-likeness (QED) is 0.312. The number of aliphatic imine (C=N–C) groups is 1. The highest BCUT2D eigenvalue weighted by atomic mass is 127. The maximum absolute atomic E-state index is 12.5. The zero-order valence-electron chi connectivity index (χ0n) is 17.0. The summed E-state index contributed by atoms with van der Waals surface area (Å²) in [5.41, 5.74) is 1.25. The molecule has 2 rings (SSSR count). The van der Waals surface area contributed by atoms with Crippen molar-refractivity contribution in [2.75, 3.05) is 39.3 Å². The van der Waals surface area contributed by atoms with Crippen LogP contribution in [0.3, 0.4) is 0 Å². The van der Waals surface area contributed by atoms with Gasteiger partial charge in [0, 0.05) is 50.6 Å². The number of hydrogen-bond acceptors (Lipinski definition) is 4. The van der Waals surface area contributed by atoms with Gasteiger partial charge in [0.1, 0.15) is 6.54 Å². The first-order valence-electron chi connectivity index (χ1n) is 9.71. The van der Waals surface area contributed by atoms with E-state index in [0.717, 1.165) is 26.1 Å². The molecule has 7 nitrogen and oxygen atoms in total. The minimum absolute atomic E-state index is 0. The third kappa shape index (κ3) is 7.23. The normalized spacial score (nSPS) is 13.4. The zero-order chi connectivity index (χ0) is 19.6. The molecule has 158 valence electrons. The smallest absolute Gasteiger partial charge is 0.244 e. The highest BCUT2D eigenvalue weighted by Gasteiger charge is 2.21. The average Bonchev–Trinajstić information content (AvgIpc) is 3.14. The highest BCUT2D eigenvalue weighted by Crippen LogP contribution is 2.23. The van der Waals surface area contributed by atoms with E-state index in [1.807, 2.05) is 30.6 Å². The molecule has 1 aliphatic heterocycles. The fourth-order valence-corrected chi connectivity index (χ4v) is 3.96. The van der Waals surface area contributed by atoms with Gasteiger partial charge in [-0.25, -0.2) is 4.99 Å². The summed E-state index contributed by atoms with van der Waals surface area (Å²) in [4.78, 5) is 34.0. The Bertz CT molecular complexity index is 661. The molecule has 28 heavy (non-hydrogen) atoms. The molecule has 2 heterocycles. The van der Waals surface area contributed by atoms with Crippen molar-refractivity contribution < 1.29 is 9.59 Å². The molecule has 0 bridgehead atoms. The Morgan fingerprint density at radius 3 is 2.68 bits per heavy atom. The van der Waals surface area contributed by atoms with Crippen molar-refractivity contribution in [2.24, 2.45) is 4.99 Å². The number of nitrogens with zero attached hydrogens (tertiary/aromatic N) is 3. The van der Waals surface area contributed by atoms with Gasteiger partial charge in [-0.3, -0.25) is 9.59 Å². The molecule has 2 amide bonds. The van der Waals surface area contributed by atoms with Crippen LogP contribution in [0.15, 0.2) is 16.4 Å². The van der Waals surface area contributed by atoms with Crippen LogP contribution in [0.1, 0.15) is 37.6 Å². The van der Waals surface area contributed by atoms with Crippen molar-refractivity contribution in [2.45, 2.75) is 40.2 Å². The van der Waals surface area contributed by atoms with E-state index in [2.05, 4.69) is 27.1 Å². The lowest BCUT2D eigenvalue weighted by Crippen LogP contribution is -2.41. The van der Waals surface area contributed by atoms with Gasteiger partial charge in [-0.05, 0) is 44.2 Å². The Morgan fingerprint density at radius 1 is 1.25 bits per heavy atom. The molecule has 0 radical (unpaired) electrons. The summed E-state index contributed by atoms with van der Waals surface area (Å²) in [5, 5.41) is 8.36. The van der Waals surface area contributed by atoms with Gasteiger partial charge >= 0.3 is 0 Å². The molecule has 1 aliphatic rings. The standard InChI is InChI=1S/C19H31N5O2S.HI/c1-4-20-19(21-10-7-17(25)23(5-2)6-3)22-13-18(26)24-11-8-16-15(14-24)9-12-27-16;/h9,12H,4-8,10-11,13-14H2,1-3H3,(H2,20,21,22);1H. The van der Waals surface area contributed by atoms with Crippen molar-refractivity contribution in [3.05, 3.63) is 21.9 Å². The number of nitrogens with one attached hydrogen (secondary N) is 2. The molecule has 0 unspecified atom stereocenters. The molecule has 0 saturated carbocycles. The second kappa shape index (κ2) is 13.0. The van der Waals surface area contributed by atoms with Crippen LogP contribution < -0.4 is 10.6 Å². The molecular formula is C19H32IN5O2S. The van der Waals surface area contributed by atoms with Crippen LogP contribution in [0.4, 0.5) is 0 Å². The SMILES string of the molecule is CCNC(=NCC(=O)N1CCc2sccc2C1)NCCC(=O)N(CC)CC.I. The number of guanidine groups is 1. The lowest BCUT2D eigenvalue weighted by Gasteiger charge is -2.26. The molecular weight excluding hydrogens is 489 g/mol. The molecule has 0 atom stereocenters. The van der Waals surface area contributed by atoms with Crippen molar-refractivity contribution in [1.29, 1.82) is 0 Å². The van der Waals surface area contributed by atoms with Crippen molar-refractivity contribution >= 4 is 53.1 Å². The largest absolute Gasteiger partial charge is 0.357 e. The summed E-state index contributed by atoms with van der Waals surface area (Å²) in [6, 6.07) is 2.10. The molecule has 9 heteroatoms. The number of rotatable bonds is 8. The maximum atomic E-state index is 12.5. The van der Waals surface area contributed by atoms with Crippen molar-refractivity contribution in [3.8, 4) is 0 Å². The Kier molecular flexibility index (Phi) is 11.4. The van der Waals surface area contributed by atoms with Crippen LogP contribution in [0.5, 0.6) is 0 Å². The summed E-state index contributed by atoms with van der Waals surface area (Å²) in [7, 11) is 0. The Labute approximate surface area is 189 Å². The first-order valence-corrected chi connectivity index (χ1v) is 10.6. The highest BCUT2D eigenvalue weighted by molar-refractivity contribution is 14.0. The van der Waals surface area contributed by atoms with Crippen LogP contribution in [0.2, 0.25) is 0 Å². The van der Waals surface area contributed by atoms with Gasteiger partial charge in [0.2, 0.25) is 11.8 Å². The summed E-state index contributed by atoms with van der Waals surface area (Å²) in [6.07, 6.45) is 1.33. The van der Waals surface area contributed by atoms with Crippen LogP contribution >= 0.6 is 35.3 Å². The Morgan fingerprint density at radius 2 is 2.00 bits per heavy atom. The molecule has 1 aromatic heterocycles. The van der Waals surface area contributed by atoms with E-state index >= 15 is 0 Å². The fourth-order valence-electron chi connectivity index (χ4n) is 3.07. The van der Waals surface area contributed by atoms with Crippen LogP contribution in [0, 0.1) is 0 Å². The predicted octanol–water partition coefficient (Wildman–Crippen LogP) is 2.06. The minimum Gasteiger partial charge on any atom is -0.357 e. The average molecular weight is 521 g/mol. The first-order chi connectivity index (χ1) is 13.1. The van der Waals surface area contributed by atoms with Gasteiger partial charge < -0.3 is 20.4 Å². The van der Waals surface area contributed by atoms with Crippen molar-refractivity contribution in [1.82, 2.24) is 20.4 Å². The number of amides is 2. The van der Waals surface area contributed by atoms with E-state index < -0.39 is 0 Å². The first kappa shape index (κ1) is 24.7. The Balaban J connectivity index is 0.00000392. The maximum Gasteiger partial charge on any atom is 0.244 e. The topological polar surface area (TPSA) is 77.0 Å². The lowest BCUT2D eigenvalue weighted by atomic mass is 10.1. The number of carbonyl (C=O) groups is 2. The minimum atomic E-state index is 0. The van der Waals surface area contributed by atoms with E-state index in [1.54, 1.807) is 11.3 Å². The van der Waals surface area contributed by atoms with E-state index in [1.165, 1.54) is 10.4 Å². The molecule has 0 aliphatic carbocycles. The number of carbonyl (C=O) groups excluding carboxylic acids is 2.